The number of carboxylic acid groups (broad SMARTS) is 1. The number of aromatic nitrogens is 5. The van der Waals surface area contributed by atoms with Gasteiger partial charge in [0.05, 0.1) is 18.7 Å². The summed E-state index contributed by atoms with van der Waals surface area (Å²) in [6.07, 6.45) is 5.69. The molecule has 0 radical (unpaired) electrons. The fourth-order valence-electron chi connectivity index (χ4n) is 1.42. The van der Waals surface area contributed by atoms with E-state index < -0.39 is 18.0 Å². The Balaban J connectivity index is 1.94. The van der Waals surface area contributed by atoms with Gasteiger partial charge in [-0.15, -0.1) is 5.10 Å². The molecule has 4 N–H and O–H groups in total. The molecular weight excluding hydrogens is 266 g/mol. The van der Waals surface area contributed by atoms with Gasteiger partial charge in [0, 0.05) is 18.3 Å². The third kappa shape index (κ3) is 3.73. The normalized spacial score (nSPS) is 11.6. The van der Waals surface area contributed by atoms with E-state index in [-0.39, 0.29) is 12.4 Å². The van der Waals surface area contributed by atoms with Crippen molar-refractivity contribution in [2.24, 2.45) is 0 Å². The lowest BCUT2D eigenvalue weighted by Gasteiger charge is -2.13. The molecule has 1 atom stereocenters. The van der Waals surface area contributed by atoms with Gasteiger partial charge in [-0.25, -0.2) is 19.6 Å². The number of carboxylic acids is 1. The average Bonchev–Trinajstić information content (AvgIpc) is 2.92. The van der Waals surface area contributed by atoms with Crippen molar-refractivity contribution in [1.82, 2.24) is 30.5 Å². The highest BCUT2D eigenvalue weighted by Gasteiger charge is 2.21. The number of carbonyl (C=O) groups is 2. The lowest BCUT2D eigenvalue weighted by molar-refractivity contribution is -0.139. The number of rotatable bonds is 5. The number of urea groups is 1. The Morgan fingerprint density at radius 2 is 2.25 bits per heavy atom. The first kappa shape index (κ1) is 13.4. The zero-order valence-electron chi connectivity index (χ0n) is 10.1. The minimum absolute atomic E-state index is 0.0179. The number of hydrogen-bond acceptors (Lipinski definition) is 6. The first-order chi connectivity index (χ1) is 9.65. The lowest BCUT2D eigenvalue weighted by atomic mass is 10.2. The molecule has 20 heavy (non-hydrogen) atoms. The molecule has 10 nitrogen and oxygen atoms in total. The molecule has 0 aliphatic heterocycles. The second kappa shape index (κ2) is 6.22. The predicted octanol–water partition coefficient (Wildman–Crippen LogP) is -0.588. The summed E-state index contributed by atoms with van der Waals surface area (Å²) in [6.45, 7) is 0. The molecule has 0 spiro atoms. The van der Waals surface area contributed by atoms with Crippen LogP contribution in [0.2, 0.25) is 0 Å². The van der Waals surface area contributed by atoms with Crippen molar-refractivity contribution in [2.45, 2.75) is 12.5 Å². The van der Waals surface area contributed by atoms with Crippen LogP contribution in [0, 0.1) is 0 Å². The van der Waals surface area contributed by atoms with Gasteiger partial charge in [-0.1, -0.05) is 0 Å². The Hall–Kier alpha value is -3.04. The predicted molar refractivity (Wildman–Crippen MR) is 65.7 cm³/mol. The maximum absolute atomic E-state index is 11.6. The van der Waals surface area contributed by atoms with Crippen LogP contribution >= 0.6 is 0 Å². The maximum Gasteiger partial charge on any atom is 0.326 e. The molecule has 0 fully saturated rings. The van der Waals surface area contributed by atoms with Crippen LogP contribution in [-0.2, 0) is 11.2 Å². The summed E-state index contributed by atoms with van der Waals surface area (Å²) in [4.78, 5) is 33.0. The summed E-state index contributed by atoms with van der Waals surface area (Å²) < 4.78 is 0. The number of H-pyrrole nitrogens is 1. The van der Waals surface area contributed by atoms with Crippen molar-refractivity contribution < 1.29 is 14.7 Å². The van der Waals surface area contributed by atoms with Crippen molar-refractivity contribution in [3.05, 3.63) is 30.6 Å². The number of hydrogen-bond donors (Lipinski definition) is 4. The number of nitrogens with zero attached hydrogens (tertiary/aromatic N) is 4. The summed E-state index contributed by atoms with van der Waals surface area (Å²) in [6, 6.07) is -1.84. The van der Waals surface area contributed by atoms with Crippen molar-refractivity contribution >= 4 is 17.9 Å². The highest BCUT2D eigenvalue weighted by atomic mass is 16.4. The number of aromatic amines is 1. The summed E-state index contributed by atoms with van der Waals surface area (Å²) in [5.74, 6) is -1.18. The smallest absolute Gasteiger partial charge is 0.326 e. The quantitative estimate of drug-likeness (QED) is 0.571. The van der Waals surface area contributed by atoms with E-state index in [0.29, 0.717) is 5.69 Å². The number of amides is 2. The van der Waals surface area contributed by atoms with E-state index in [1.807, 2.05) is 0 Å². The minimum atomic E-state index is -1.16. The van der Waals surface area contributed by atoms with Gasteiger partial charge in [0.1, 0.15) is 6.04 Å². The van der Waals surface area contributed by atoms with Gasteiger partial charge in [-0.05, 0) is 0 Å². The molecule has 0 saturated heterocycles. The van der Waals surface area contributed by atoms with Gasteiger partial charge in [0.15, 0.2) is 0 Å². The average molecular weight is 277 g/mol. The van der Waals surface area contributed by atoms with Gasteiger partial charge in [-0.3, -0.25) is 5.32 Å². The van der Waals surface area contributed by atoms with Crippen molar-refractivity contribution in [1.29, 1.82) is 0 Å². The molecule has 0 aromatic carbocycles. The summed E-state index contributed by atoms with van der Waals surface area (Å²) >= 11 is 0. The molecule has 2 aromatic rings. The standard InChI is InChI=1S/C10H11N7O3/c18-8(19)7(3-6-4-11-5-13-6)15-10(20)16-9-12-1-2-14-17-9/h1-2,4-5,7H,3H2,(H,11,13)(H,18,19)(H2,12,15,16,17,20). The number of carbonyl (C=O) groups excluding carboxylic acids is 1. The summed E-state index contributed by atoms with van der Waals surface area (Å²) in [7, 11) is 0. The second-order valence-corrected chi connectivity index (χ2v) is 3.74. The third-order valence-corrected chi connectivity index (χ3v) is 2.29. The van der Waals surface area contributed by atoms with Crippen LogP contribution in [0.1, 0.15) is 5.69 Å². The van der Waals surface area contributed by atoms with Crippen LogP contribution in [-0.4, -0.2) is 48.3 Å². The SMILES string of the molecule is O=C(Nc1nccnn1)NC(Cc1cnc[nH]1)C(=O)O. The Morgan fingerprint density at radius 3 is 2.85 bits per heavy atom. The van der Waals surface area contributed by atoms with Crippen LogP contribution in [0.25, 0.3) is 0 Å². The first-order valence-corrected chi connectivity index (χ1v) is 5.56. The monoisotopic (exact) mass is 277 g/mol. The Labute approximate surface area is 112 Å². The van der Waals surface area contributed by atoms with Gasteiger partial charge < -0.3 is 15.4 Å². The molecule has 0 aliphatic rings. The fourth-order valence-corrected chi connectivity index (χ4v) is 1.42. The number of nitrogens with one attached hydrogen (secondary N) is 3. The van der Waals surface area contributed by atoms with Gasteiger partial charge in [-0.2, -0.15) is 5.10 Å². The van der Waals surface area contributed by atoms with E-state index in [9.17, 15) is 9.59 Å². The summed E-state index contributed by atoms with van der Waals surface area (Å²) in [5.41, 5.74) is 0.593. The zero-order valence-corrected chi connectivity index (χ0v) is 10.1. The highest BCUT2D eigenvalue weighted by Crippen LogP contribution is 2.00. The van der Waals surface area contributed by atoms with Crippen LogP contribution in [0.5, 0.6) is 0 Å². The van der Waals surface area contributed by atoms with Crippen LogP contribution in [0.15, 0.2) is 24.9 Å². The number of anilines is 1. The van der Waals surface area contributed by atoms with Crippen molar-refractivity contribution in [3.63, 3.8) is 0 Å². The summed E-state index contributed by atoms with van der Waals surface area (Å²) in [5, 5.41) is 20.7. The molecule has 0 saturated carbocycles. The molecule has 2 amide bonds. The molecule has 104 valence electrons. The van der Waals surface area contributed by atoms with Crippen molar-refractivity contribution in [2.75, 3.05) is 5.32 Å². The van der Waals surface area contributed by atoms with E-state index >= 15 is 0 Å². The van der Waals surface area contributed by atoms with E-state index in [1.165, 1.54) is 24.9 Å². The van der Waals surface area contributed by atoms with Crippen LogP contribution in [0.3, 0.4) is 0 Å². The maximum atomic E-state index is 11.6. The van der Waals surface area contributed by atoms with E-state index in [1.54, 1.807) is 0 Å². The number of aliphatic carboxylic acids is 1. The molecule has 2 aromatic heterocycles. The van der Waals surface area contributed by atoms with Gasteiger partial charge >= 0.3 is 12.0 Å². The second-order valence-electron chi connectivity index (χ2n) is 3.74. The number of imidazole rings is 1. The van der Waals surface area contributed by atoms with Gasteiger partial charge in [0.2, 0.25) is 0 Å². The molecule has 0 bridgehead atoms. The van der Waals surface area contributed by atoms with E-state index in [0.717, 1.165) is 0 Å². The Bertz CT molecular complexity index is 572. The molecule has 0 aliphatic carbocycles. The largest absolute Gasteiger partial charge is 0.480 e. The lowest BCUT2D eigenvalue weighted by Crippen LogP contribution is -2.44. The Morgan fingerprint density at radius 1 is 1.40 bits per heavy atom. The van der Waals surface area contributed by atoms with Gasteiger partial charge in [0.25, 0.3) is 5.95 Å². The van der Waals surface area contributed by atoms with E-state index in [2.05, 4.69) is 35.8 Å². The fraction of sp³-hybridized carbons (Fsp3) is 0.200. The van der Waals surface area contributed by atoms with E-state index in [4.69, 9.17) is 5.11 Å². The molecule has 2 rings (SSSR count). The molecule has 2 heterocycles. The zero-order chi connectivity index (χ0) is 14.4. The minimum Gasteiger partial charge on any atom is -0.480 e. The molecular formula is C10H11N7O3. The molecule has 10 heteroatoms. The van der Waals surface area contributed by atoms with Crippen molar-refractivity contribution in [3.8, 4) is 0 Å². The highest BCUT2D eigenvalue weighted by molar-refractivity contribution is 5.90. The van der Waals surface area contributed by atoms with Crippen LogP contribution in [0.4, 0.5) is 10.7 Å². The Kier molecular flexibility index (Phi) is 4.17. The molecule has 1 unspecified atom stereocenters. The van der Waals surface area contributed by atoms with Crippen LogP contribution < -0.4 is 10.6 Å². The third-order valence-electron chi connectivity index (χ3n) is 2.29. The first-order valence-electron chi connectivity index (χ1n) is 5.56. The topological polar surface area (TPSA) is 146 Å².